The number of benzene rings is 1. The van der Waals surface area contributed by atoms with Crippen LogP contribution in [0.2, 0.25) is 0 Å². The van der Waals surface area contributed by atoms with E-state index < -0.39 is 0 Å². The van der Waals surface area contributed by atoms with Gasteiger partial charge in [0.05, 0.1) is 0 Å². The largest absolute Gasteiger partial charge is 0.292 e. The van der Waals surface area contributed by atoms with Gasteiger partial charge >= 0.3 is 0 Å². The number of rotatable bonds is 0. The Morgan fingerprint density at radius 2 is 1.55 bits per heavy atom. The number of hydrogen-bond acceptors (Lipinski definition) is 1. The minimum atomic E-state index is 0.0629. The van der Waals surface area contributed by atoms with E-state index in [4.69, 9.17) is 0 Å². The summed E-state index contributed by atoms with van der Waals surface area (Å²) in [7, 11) is 4.67. The molecule has 1 nitrogen and oxygen atoms in total. The number of fused-ring (bicyclic) bond motifs is 2. The van der Waals surface area contributed by atoms with Gasteiger partial charge < -0.3 is 0 Å². The molecule has 105 valence electrons. The van der Waals surface area contributed by atoms with E-state index in [1.165, 1.54) is 16.5 Å². The molecule has 0 atom stereocenters. The Hall–Kier alpha value is -1.02. The van der Waals surface area contributed by atoms with Gasteiger partial charge in [-0.3, -0.25) is 4.90 Å². The van der Waals surface area contributed by atoms with Crippen LogP contribution in [-0.2, 0) is 0 Å². The topological polar surface area (TPSA) is 3.24 Å². The maximum absolute atomic E-state index is 2.54. The Balaban J connectivity index is 2.32. The number of likely N-dealkylation sites (N-methyl/N-ethyl adjacent to an activating group) is 1. The summed E-state index contributed by atoms with van der Waals surface area (Å²) in [5.74, 6) is 0. The van der Waals surface area contributed by atoms with Crippen LogP contribution in [0.15, 0.2) is 29.7 Å². The van der Waals surface area contributed by atoms with E-state index in [9.17, 15) is 0 Å². The first-order valence-electron chi connectivity index (χ1n) is 7.55. The molecule has 1 radical (unpaired) electrons. The molecule has 2 aliphatic rings. The van der Waals surface area contributed by atoms with Crippen molar-refractivity contribution in [2.24, 2.45) is 5.41 Å². The maximum atomic E-state index is 2.54. The molecule has 0 saturated carbocycles. The summed E-state index contributed by atoms with van der Waals surface area (Å²) in [6.07, 6.45) is 0. The normalized spacial score (nSPS) is 25.9. The van der Waals surface area contributed by atoms with Gasteiger partial charge in [0.15, 0.2) is 7.28 Å². The van der Waals surface area contributed by atoms with Gasteiger partial charge in [0.1, 0.15) is 0 Å². The van der Waals surface area contributed by atoms with Crippen molar-refractivity contribution >= 4 is 18.3 Å². The molecule has 1 aromatic rings. The first kappa shape index (κ1) is 13.9. The molecule has 0 N–H and O–H groups in total. The van der Waals surface area contributed by atoms with E-state index in [0.717, 1.165) is 0 Å². The van der Waals surface area contributed by atoms with Crippen molar-refractivity contribution in [3.05, 3.63) is 35.3 Å². The second-order valence-corrected chi connectivity index (χ2v) is 7.82. The molecule has 0 spiro atoms. The molecule has 0 amide bonds. The maximum Gasteiger partial charge on any atom is 0.189 e. The van der Waals surface area contributed by atoms with E-state index in [2.05, 4.69) is 85.0 Å². The third-order valence-electron chi connectivity index (χ3n) is 6.29. The van der Waals surface area contributed by atoms with Crippen LogP contribution in [0.25, 0.3) is 5.57 Å². The van der Waals surface area contributed by atoms with Crippen molar-refractivity contribution < 1.29 is 0 Å². The monoisotopic (exact) mass is 266 g/mol. The highest BCUT2D eigenvalue weighted by Crippen LogP contribution is 2.56. The van der Waals surface area contributed by atoms with E-state index in [1.807, 2.05) is 0 Å². The average Bonchev–Trinajstić information content (AvgIpc) is 2.77. The van der Waals surface area contributed by atoms with Crippen LogP contribution < -0.4 is 5.46 Å². The van der Waals surface area contributed by atoms with Crippen molar-refractivity contribution in [2.45, 2.75) is 52.6 Å². The van der Waals surface area contributed by atoms with Gasteiger partial charge in [-0.1, -0.05) is 49.0 Å². The third kappa shape index (κ3) is 1.44. The Labute approximate surface area is 124 Å². The molecule has 2 aliphatic heterocycles. The summed E-state index contributed by atoms with van der Waals surface area (Å²) in [5, 5.41) is 0. The number of nitrogens with zero attached hydrogens (tertiary/aromatic N) is 1. The summed E-state index contributed by atoms with van der Waals surface area (Å²) < 4.78 is 0. The lowest BCUT2D eigenvalue weighted by Crippen LogP contribution is -2.64. The summed E-state index contributed by atoms with van der Waals surface area (Å²) in [4.78, 5) is 2.54. The molecule has 2 heteroatoms. The predicted octanol–water partition coefficient (Wildman–Crippen LogP) is 3.27. The Morgan fingerprint density at radius 1 is 0.950 bits per heavy atom. The highest BCUT2D eigenvalue weighted by atomic mass is 15.2. The second-order valence-electron chi connectivity index (χ2n) is 7.82. The lowest BCUT2D eigenvalue weighted by Gasteiger charge is -2.60. The van der Waals surface area contributed by atoms with Crippen LogP contribution in [0.3, 0.4) is 0 Å². The minimum absolute atomic E-state index is 0.0629. The molecule has 20 heavy (non-hydrogen) atoms. The summed E-state index contributed by atoms with van der Waals surface area (Å²) in [5.41, 5.74) is 6.14. The van der Waals surface area contributed by atoms with E-state index in [0.29, 0.717) is 0 Å². The lowest BCUT2D eigenvalue weighted by molar-refractivity contribution is -0.00299. The average molecular weight is 266 g/mol. The Kier molecular flexibility index (Phi) is 2.64. The molecule has 1 aromatic carbocycles. The molecule has 0 unspecified atom stereocenters. The molecule has 0 aliphatic carbocycles. The fraction of sp³-hybridized carbons (Fsp3) is 0.556. The molecular weight excluding hydrogens is 241 g/mol. The minimum Gasteiger partial charge on any atom is -0.292 e. The SMILES string of the molecule is CN1C(C)(C)C2=C(c3ccccc3[B]2)C(C)(C)C1(C)C. The van der Waals surface area contributed by atoms with Gasteiger partial charge in [-0.05, 0) is 45.9 Å². The fourth-order valence-corrected chi connectivity index (χ4v) is 3.98. The smallest absolute Gasteiger partial charge is 0.189 e. The van der Waals surface area contributed by atoms with Gasteiger partial charge in [0.25, 0.3) is 0 Å². The van der Waals surface area contributed by atoms with E-state index in [-0.39, 0.29) is 16.5 Å². The zero-order valence-corrected chi connectivity index (χ0v) is 13.8. The molecule has 0 fully saturated rings. The Morgan fingerprint density at radius 3 is 2.20 bits per heavy atom. The quantitative estimate of drug-likeness (QED) is 0.651. The van der Waals surface area contributed by atoms with Crippen LogP contribution in [-0.4, -0.2) is 30.3 Å². The van der Waals surface area contributed by atoms with Crippen LogP contribution in [0.4, 0.5) is 0 Å². The summed E-state index contributed by atoms with van der Waals surface area (Å²) in [6, 6.07) is 8.83. The van der Waals surface area contributed by atoms with Crippen LogP contribution in [0.1, 0.15) is 47.1 Å². The molecule has 0 saturated heterocycles. The first-order valence-corrected chi connectivity index (χ1v) is 7.55. The Bertz CT molecular complexity index is 608. The van der Waals surface area contributed by atoms with Gasteiger partial charge in [-0.25, -0.2) is 0 Å². The van der Waals surface area contributed by atoms with Gasteiger partial charge in [-0.15, -0.1) is 0 Å². The van der Waals surface area contributed by atoms with E-state index in [1.54, 1.807) is 5.57 Å². The molecule has 3 rings (SSSR count). The highest BCUT2D eigenvalue weighted by molar-refractivity contribution is 6.66. The summed E-state index contributed by atoms with van der Waals surface area (Å²) >= 11 is 0. The second kappa shape index (κ2) is 3.79. The van der Waals surface area contributed by atoms with Crippen LogP contribution >= 0.6 is 0 Å². The lowest BCUT2D eigenvalue weighted by atomic mass is 9.54. The first-order chi connectivity index (χ1) is 9.12. The molecule has 0 aromatic heterocycles. The predicted molar refractivity (Wildman–Crippen MR) is 88.5 cm³/mol. The van der Waals surface area contributed by atoms with Crippen molar-refractivity contribution in [3.8, 4) is 0 Å². The molecule has 2 heterocycles. The third-order valence-corrected chi connectivity index (χ3v) is 6.29. The highest BCUT2D eigenvalue weighted by Gasteiger charge is 2.55. The molecule has 0 bridgehead atoms. The van der Waals surface area contributed by atoms with Crippen molar-refractivity contribution in [1.29, 1.82) is 0 Å². The number of hydrogen-bond donors (Lipinski definition) is 0. The fourth-order valence-electron chi connectivity index (χ4n) is 3.98. The van der Waals surface area contributed by atoms with Crippen LogP contribution in [0.5, 0.6) is 0 Å². The van der Waals surface area contributed by atoms with Gasteiger partial charge in [-0.2, -0.15) is 0 Å². The van der Waals surface area contributed by atoms with Crippen molar-refractivity contribution in [1.82, 2.24) is 4.90 Å². The van der Waals surface area contributed by atoms with Gasteiger partial charge in [0.2, 0.25) is 0 Å². The molecular formula is C18H25BN. The summed E-state index contributed by atoms with van der Waals surface area (Å²) in [6.45, 7) is 14.2. The zero-order chi connectivity index (χ0) is 14.9. The standard InChI is InChI=1S/C18H25BN/c1-16(2)14-12-10-8-9-11-13(12)19-15(14)17(3,4)20(7)18(16,5)6/h8-11H,1-7H3. The van der Waals surface area contributed by atoms with Crippen molar-refractivity contribution in [2.75, 3.05) is 7.05 Å². The van der Waals surface area contributed by atoms with Gasteiger partial charge in [0, 0.05) is 16.5 Å². The zero-order valence-electron chi connectivity index (χ0n) is 13.8. The van der Waals surface area contributed by atoms with E-state index >= 15 is 0 Å². The van der Waals surface area contributed by atoms with Crippen LogP contribution in [0, 0.1) is 5.41 Å². The van der Waals surface area contributed by atoms with Crippen molar-refractivity contribution in [3.63, 3.8) is 0 Å².